The first kappa shape index (κ1) is 31.3. The van der Waals surface area contributed by atoms with E-state index in [0.717, 1.165) is 27.9 Å². The highest BCUT2D eigenvalue weighted by molar-refractivity contribution is 5.95. The summed E-state index contributed by atoms with van der Waals surface area (Å²) < 4.78 is 85.6. The van der Waals surface area contributed by atoms with Crippen molar-refractivity contribution < 1.29 is 46.1 Å². The van der Waals surface area contributed by atoms with Crippen molar-refractivity contribution in [2.75, 3.05) is 6.54 Å². The monoisotopic (exact) mass is 615 g/mol. The molecule has 4 atom stereocenters. The van der Waals surface area contributed by atoms with Crippen LogP contribution in [0, 0.1) is 22.7 Å². The number of aliphatic hydroxyl groups excluding tert-OH is 1. The number of rotatable bonds is 7. The first-order chi connectivity index (χ1) is 19.9. The summed E-state index contributed by atoms with van der Waals surface area (Å²) in [5.41, 5.74) is -4.64. The van der Waals surface area contributed by atoms with Crippen molar-refractivity contribution >= 4 is 11.9 Å². The van der Waals surface area contributed by atoms with E-state index in [1.807, 2.05) is 0 Å². The molecule has 1 aromatic heterocycles. The van der Waals surface area contributed by atoms with E-state index in [4.69, 9.17) is 0 Å². The van der Waals surface area contributed by atoms with Gasteiger partial charge in [0.1, 0.15) is 0 Å². The lowest BCUT2D eigenvalue weighted by Crippen LogP contribution is -2.43. The number of carbonyl (C=O) groups is 2. The molecule has 1 amide bonds. The number of hydrogen-bond donors (Lipinski definition) is 2. The zero-order valence-corrected chi connectivity index (χ0v) is 24.0. The molecule has 236 valence electrons. The van der Waals surface area contributed by atoms with Crippen molar-refractivity contribution in [3.8, 4) is 0 Å². The third kappa shape index (κ3) is 5.64. The first-order valence-corrected chi connectivity index (χ1v) is 14.4. The molecule has 0 saturated heterocycles. The molecule has 3 aliphatic carbocycles. The second-order valence-corrected chi connectivity index (χ2v) is 13.2. The Bertz CT molecular complexity index is 1380. The van der Waals surface area contributed by atoms with Crippen LogP contribution in [0.25, 0.3) is 0 Å². The molecule has 2 unspecified atom stereocenters. The lowest BCUT2D eigenvalue weighted by Gasteiger charge is -2.35. The first-order valence-electron chi connectivity index (χ1n) is 14.4. The van der Waals surface area contributed by atoms with Crippen LogP contribution in [-0.2, 0) is 17.1 Å². The highest BCUT2D eigenvalue weighted by atomic mass is 19.4. The normalized spacial score (nSPS) is 29.2. The van der Waals surface area contributed by atoms with Gasteiger partial charge < -0.3 is 15.1 Å². The van der Waals surface area contributed by atoms with Gasteiger partial charge in [0.05, 0.1) is 41.4 Å². The van der Waals surface area contributed by atoms with Gasteiger partial charge in [0.25, 0.3) is 5.91 Å². The number of halogens is 6. The molecule has 3 saturated carbocycles. The summed E-state index contributed by atoms with van der Waals surface area (Å²) >= 11 is 0. The zero-order valence-electron chi connectivity index (χ0n) is 24.0. The van der Waals surface area contributed by atoms with Crippen LogP contribution >= 0.6 is 0 Å². The van der Waals surface area contributed by atoms with E-state index < -0.39 is 76.8 Å². The molecule has 0 bridgehead atoms. The molecule has 0 radical (unpaired) electrons. The Balaban J connectivity index is 1.48. The summed E-state index contributed by atoms with van der Waals surface area (Å²) in [6.07, 6.45) is -9.35. The number of amides is 1. The predicted octanol–water partition coefficient (Wildman–Crippen LogP) is 6.74. The van der Waals surface area contributed by atoms with Crippen molar-refractivity contribution in [1.29, 1.82) is 0 Å². The minimum absolute atomic E-state index is 0.000164. The Kier molecular flexibility index (Phi) is 7.67. The molecule has 1 aromatic carbocycles. The van der Waals surface area contributed by atoms with E-state index in [-0.39, 0.29) is 42.9 Å². The lowest BCUT2D eigenvalue weighted by molar-refractivity contribution is -0.152. The number of benzene rings is 1. The van der Waals surface area contributed by atoms with Crippen molar-refractivity contribution in [2.45, 2.75) is 89.8 Å². The average molecular weight is 616 g/mol. The van der Waals surface area contributed by atoms with E-state index in [2.05, 4.69) is 18.9 Å². The molecule has 1 heterocycles. The average Bonchev–Trinajstić information content (AvgIpc) is 3.35. The molecule has 7 nitrogen and oxygen atoms in total. The quantitative estimate of drug-likeness (QED) is 0.337. The van der Waals surface area contributed by atoms with E-state index in [1.54, 1.807) is 6.92 Å². The van der Waals surface area contributed by atoms with Gasteiger partial charge in [-0.15, -0.1) is 0 Å². The third-order valence-electron chi connectivity index (χ3n) is 10.3. The number of hydrogen-bond acceptors (Lipinski definition) is 4. The fourth-order valence-electron chi connectivity index (χ4n) is 7.39. The third-order valence-corrected chi connectivity index (χ3v) is 10.3. The summed E-state index contributed by atoms with van der Waals surface area (Å²) in [4.78, 5) is 26.7. The smallest absolute Gasteiger partial charge is 0.433 e. The van der Waals surface area contributed by atoms with Crippen LogP contribution in [0.15, 0.2) is 30.5 Å². The summed E-state index contributed by atoms with van der Waals surface area (Å²) in [6.45, 7) is 5.04. The van der Waals surface area contributed by atoms with Gasteiger partial charge in [-0.1, -0.05) is 32.0 Å². The van der Waals surface area contributed by atoms with Crippen molar-refractivity contribution in [3.05, 3.63) is 52.8 Å². The summed E-state index contributed by atoms with van der Waals surface area (Å²) in [7, 11) is 0. The molecule has 0 spiro atoms. The van der Waals surface area contributed by atoms with Crippen LogP contribution in [0.3, 0.4) is 0 Å². The highest BCUT2D eigenvalue weighted by Gasteiger charge is 2.63. The standard InChI is InChI=1S/C30H35F6N3O4/c1-27(2)21-12-17(13-22(21)27)38(15-23(40)18-6-4-5-7-20(18)29(31,32)33)25(41)19-14-37-39(24(19)30(34,35)36)16-8-10-28(3,11-9-16)26(42)43/h4-7,14,16-17,21-23,40H,8-13,15H2,1-3H3,(H,42,43)/t16?,17?,21-,22+,23?,28?. The van der Waals surface area contributed by atoms with Crippen LogP contribution in [0.2, 0.25) is 0 Å². The number of aliphatic hydroxyl groups is 1. The van der Waals surface area contributed by atoms with Crippen LogP contribution in [0.4, 0.5) is 26.3 Å². The highest BCUT2D eigenvalue weighted by Crippen LogP contribution is 2.67. The van der Waals surface area contributed by atoms with Gasteiger partial charge in [-0.25, -0.2) is 0 Å². The van der Waals surface area contributed by atoms with E-state index in [0.29, 0.717) is 12.8 Å². The maximum absolute atomic E-state index is 14.6. The Morgan fingerprint density at radius 3 is 2.14 bits per heavy atom. The predicted molar refractivity (Wildman–Crippen MR) is 142 cm³/mol. The van der Waals surface area contributed by atoms with E-state index in [9.17, 15) is 46.1 Å². The summed E-state index contributed by atoms with van der Waals surface area (Å²) in [5.74, 6) is -1.67. The molecule has 3 fully saturated rings. The van der Waals surface area contributed by atoms with Crippen molar-refractivity contribution in [3.63, 3.8) is 0 Å². The fourth-order valence-corrected chi connectivity index (χ4v) is 7.39. The number of alkyl halides is 6. The summed E-state index contributed by atoms with van der Waals surface area (Å²) in [6, 6.07) is 3.03. The van der Waals surface area contributed by atoms with Crippen molar-refractivity contribution in [1.82, 2.24) is 14.7 Å². The maximum Gasteiger partial charge on any atom is 0.433 e. The van der Waals surface area contributed by atoms with E-state index >= 15 is 0 Å². The van der Waals surface area contributed by atoms with Crippen LogP contribution in [0.1, 0.15) is 98.6 Å². The summed E-state index contributed by atoms with van der Waals surface area (Å²) in [5, 5.41) is 24.5. The number of aromatic nitrogens is 2. The number of carbonyl (C=O) groups excluding carboxylic acids is 1. The number of carboxylic acids is 1. The molecule has 13 heteroatoms. The van der Waals surface area contributed by atoms with Crippen molar-refractivity contribution in [2.24, 2.45) is 22.7 Å². The van der Waals surface area contributed by atoms with E-state index in [1.165, 1.54) is 12.1 Å². The number of nitrogens with zero attached hydrogens (tertiary/aromatic N) is 3. The second kappa shape index (κ2) is 10.5. The Morgan fingerprint density at radius 2 is 1.60 bits per heavy atom. The van der Waals surface area contributed by atoms with Crippen LogP contribution in [0.5, 0.6) is 0 Å². The Labute approximate surface area is 244 Å². The van der Waals surface area contributed by atoms with Gasteiger partial charge in [-0.3, -0.25) is 14.3 Å². The molecular weight excluding hydrogens is 580 g/mol. The zero-order chi connectivity index (χ0) is 31.7. The lowest BCUT2D eigenvalue weighted by atomic mass is 9.74. The van der Waals surface area contributed by atoms with Gasteiger partial charge in [0.15, 0.2) is 5.69 Å². The van der Waals surface area contributed by atoms with Crippen LogP contribution < -0.4 is 0 Å². The number of carboxylic acid groups (broad SMARTS) is 1. The molecule has 2 aromatic rings. The maximum atomic E-state index is 14.6. The van der Waals surface area contributed by atoms with Gasteiger partial charge >= 0.3 is 18.3 Å². The van der Waals surface area contributed by atoms with Gasteiger partial charge in [0.2, 0.25) is 0 Å². The Morgan fingerprint density at radius 1 is 1.02 bits per heavy atom. The second-order valence-electron chi connectivity index (χ2n) is 13.2. The topological polar surface area (TPSA) is 95.7 Å². The van der Waals surface area contributed by atoms with Gasteiger partial charge in [-0.05, 0) is 74.3 Å². The molecule has 0 aliphatic heterocycles. The molecule has 43 heavy (non-hydrogen) atoms. The van der Waals surface area contributed by atoms with Gasteiger partial charge in [0, 0.05) is 6.04 Å². The minimum Gasteiger partial charge on any atom is -0.481 e. The minimum atomic E-state index is -5.00. The molecule has 3 aliphatic rings. The SMILES string of the molecule is CC1(C(=O)O)CCC(n2ncc(C(=O)N(CC(O)c3ccccc3C(F)(F)F)C3C[C@@H]4[C@H](C3)C4(C)C)c2C(F)(F)F)CC1. The Hall–Kier alpha value is -3.09. The molecule has 2 N–H and O–H groups in total. The van der Waals surface area contributed by atoms with Gasteiger partial charge in [-0.2, -0.15) is 31.4 Å². The van der Waals surface area contributed by atoms with Crippen LogP contribution in [-0.4, -0.2) is 49.4 Å². The number of aliphatic carboxylic acids is 1. The largest absolute Gasteiger partial charge is 0.481 e. The fraction of sp³-hybridized carbons (Fsp3) is 0.633. The molecule has 5 rings (SSSR count). The molecular formula is C30H35F6N3O4. The number of fused-ring (bicyclic) bond motifs is 1.